The molecule has 0 aliphatic rings. The minimum absolute atomic E-state index is 0.00759. The van der Waals surface area contributed by atoms with Crippen LogP contribution in [0, 0.1) is 11.8 Å². The predicted molar refractivity (Wildman–Crippen MR) is 162 cm³/mol. The van der Waals surface area contributed by atoms with Crippen molar-refractivity contribution in [3.8, 4) is 16.9 Å². The van der Waals surface area contributed by atoms with E-state index in [1.807, 2.05) is 13.8 Å². The highest BCUT2D eigenvalue weighted by Gasteiger charge is 2.34. The number of rotatable bonds is 9. The van der Waals surface area contributed by atoms with E-state index in [2.05, 4.69) is 20.3 Å². The zero-order valence-electron chi connectivity index (χ0n) is 25.2. The molecule has 0 radical (unpaired) electrons. The van der Waals surface area contributed by atoms with Crippen molar-refractivity contribution in [2.24, 2.45) is 11.8 Å². The second kappa shape index (κ2) is 15.0. The molecule has 0 fully saturated rings. The molecule has 3 aromatic carbocycles. The summed E-state index contributed by atoms with van der Waals surface area (Å²) in [6.07, 6.45) is -7.92. The summed E-state index contributed by atoms with van der Waals surface area (Å²) < 4.78 is 80.0. The Morgan fingerprint density at radius 1 is 1.02 bits per heavy atom. The van der Waals surface area contributed by atoms with Crippen molar-refractivity contribution in [3.63, 3.8) is 0 Å². The minimum atomic E-state index is -4.90. The number of hydrogen-bond donors (Lipinski definition) is 3. The maximum absolute atomic E-state index is 12.9. The average Bonchev–Trinajstić information content (AvgIpc) is 3.40. The van der Waals surface area contributed by atoms with Crippen molar-refractivity contribution < 1.29 is 45.8 Å². The molecular weight excluding hydrogens is 640 g/mol. The van der Waals surface area contributed by atoms with Gasteiger partial charge in [0.05, 0.1) is 21.7 Å². The fourth-order valence-electron chi connectivity index (χ4n) is 4.73. The fourth-order valence-corrected chi connectivity index (χ4v) is 4.99. The Bertz CT molecular complexity index is 1690. The van der Waals surface area contributed by atoms with Crippen LogP contribution in [0.5, 0.6) is 5.75 Å². The number of benzene rings is 3. The Morgan fingerprint density at radius 2 is 1.67 bits per heavy atom. The number of fused-ring (bicyclic) bond motifs is 1. The van der Waals surface area contributed by atoms with Gasteiger partial charge in [0.1, 0.15) is 11.3 Å². The Balaban J connectivity index is 0.000000254. The number of para-hydroxylation sites is 1. The van der Waals surface area contributed by atoms with Crippen LogP contribution < -0.4 is 10.1 Å². The number of ketones is 1. The van der Waals surface area contributed by atoms with Gasteiger partial charge in [-0.2, -0.15) is 18.3 Å². The van der Waals surface area contributed by atoms with Crippen LogP contribution in [0.15, 0.2) is 54.6 Å². The number of Topliss-reactive ketones (excluding diaryl/α,β-unsaturated/α-hetero) is 1. The Hall–Kier alpha value is -4.10. The molecule has 248 valence electrons. The standard InChI is InChI=1S/C17H13ClF3NO3.C15H19F3N2O/c1-9(23)13-7-10(4-6-15(13)25-17(19,20)21)11-3-5-12(14(18)8-11)16(24)22-2;1-3-9(2)10(8-21)7-13-11-5-4-6-12(15(16,17)18)14(11)20-19-13/h3-8H,1-2H3,(H,22,24);4-6,9-10,21H,3,7-8H2,1-2H3,(H,19,20). The van der Waals surface area contributed by atoms with E-state index in [9.17, 15) is 41.0 Å². The van der Waals surface area contributed by atoms with E-state index in [0.717, 1.165) is 25.5 Å². The number of H-pyrrole nitrogens is 1. The van der Waals surface area contributed by atoms with Gasteiger partial charge in [-0.15, -0.1) is 13.2 Å². The molecule has 0 bridgehead atoms. The van der Waals surface area contributed by atoms with E-state index in [1.54, 1.807) is 12.1 Å². The molecule has 2 unspecified atom stereocenters. The van der Waals surface area contributed by atoms with Crippen LogP contribution >= 0.6 is 11.6 Å². The number of aliphatic hydroxyl groups is 1. The number of aromatic nitrogens is 2. The first-order valence-corrected chi connectivity index (χ1v) is 14.4. The lowest BCUT2D eigenvalue weighted by atomic mass is 9.88. The SMILES string of the molecule is CCC(C)C(CO)Cc1[nH]nc2c(C(F)(F)F)cccc12.CNC(=O)c1ccc(-c2ccc(OC(F)(F)F)c(C(C)=O)c2)cc1Cl. The van der Waals surface area contributed by atoms with Crippen LogP contribution in [-0.2, 0) is 12.6 Å². The number of ether oxygens (including phenoxy) is 1. The van der Waals surface area contributed by atoms with Crippen LogP contribution in [0.25, 0.3) is 22.0 Å². The maximum atomic E-state index is 12.9. The van der Waals surface area contributed by atoms with Crippen molar-refractivity contribution in [3.05, 3.63) is 82.0 Å². The fraction of sp³-hybridized carbons (Fsp3) is 0.344. The topological polar surface area (TPSA) is 104 Å². The molecule has 4 aromatic rings. The van der Waals surface area contributed by atoms with Gasteiger partial charge in [0.15, 0.2) is 5.78 Å². The summed E-state index contributed by atoms with van der Waals surface area (Å²) in [5.41, 5.74) is 0.921. The van der Waals surface area contributed by atoms with Crippen molar-refractivity contribution in [2.75, 3.05) is 13.7 Å². The molecule has 1 heterocycles. The van der Waals surface area contributed by atoms with Crippen LogP contribution in [-0.4, -0.2) is 47.0 Å². The highest BCUT2D eigenvalue weighted by molar-refractivity contribution is 6.34. The van der Waals surface area contributed by atoms with Gasteiger partial charge in [-0.3, -0.25) is 14.7 Å². The lowest BCUT2D eigenvalue weighted by Gasteiger charge is -2.19. The number of aromatic amines is 1. The summed E-state index contributed by atoms with van der Waals surface area (Å²) in [7, 11) is 1.46. The van der Waals surface area contributed by atoms with Gasteiger partial charge in [-0.25, -0.2) is 0 Å². The first-order valence-electron chi connectivity index (χ1n) is 14.1. The molecule has 1 aromatic heterocycles. The van der Waals surface area contributed by atoms with Crippen molar-refractivity contribution in [1.29, 1.82) is 0 Å². The highest BCUT2D eigenvalue weighted by atomic mass is 35.5. The van der Waals surface area contributed by atoms with Crippen LogP contribution in [0.1, 0.15) is 59.2 Å². The van der Waals surface area contributed by atoms with E-state index in [0.29, 0.717) is 34.5 Å². The number of hydrogen-bond acceptors (Lipinski definition) is 5. The van der Waals surface area contributed by atoms with Gasteiger partial charge in [-0.05, 0) is 66.6 Å². The van der Waals surface area contributed by atoms with E-state index in [4.69, 9.17) is 11.6 Å². The Kier molecular flexibility index (Phi) is 11.9. The number of nitrogens with one attached hydrogen (secondary N) is 2. The quantitative estimate of drug-likeness (QED) is 0.123. The lowest BCUT2D eigenvalue weighted by Crippen LogP contribution is -2.18. The van der Waals surface area contributed by atoms with Gasteiger partial charge in [0, 0.05) is 24.7 Å². The van der Waals surface area contributed by atoms with Crippen LogP contribution in [0.2, 0.25) is 5.02 Å². The Labute approximate surface area is 265 Å². The zero-order chi connectivity index (χ0) is 34.4. The molecule has 0 saturated heterocycles. The number of amides is 1. The molecule has 14 heteroatoms. The van der Waals surface area contributed by atoms with E-state index in [-0.39, 0.29) is 40.1 Å². The van der Waals surface area contributed by atoms with Crippen molar-refractivity contribution in [1.82, 2.24) is 15.5 Å². The number of carbonyl (C=O) groups excluding carboxylic acids is 2. The summed E-state index contributed by atoms with van der Waals surface area (Å²) in [6.45, 7) is 5.21. The van der Waals surface area contributed by atoms with Crippen LogP contribution in [0.3, 0.4) is 0 Å². The van der Waals surface area contributed by atoms with E-state index in [1.165, 1.54) is 37.4 Å². The summed E-state index contributed by atoms with van der Waals surface area (Å²) in [4.78, 5) is 23.3. The second-order valence-electron chi connectivity index (χ2n) is 10.5. The molecule has 4 rings (SSSR count). The third-order valence-electron chi connectivity index (χ3n) is 7.48. The largest absolute Gasteiger partial charge is 0.573 e. The summed E-state index contributed by atoms with van der Waals surface area (Å²) in [6, 6.07) is 12.4. The zero-order valence-corrected chi connectivity index (χ0v) is 26.0. The monoisotopic (exact) mass is 671 g/mol. The summed E-state index contributed by atoms with van der Waals surface area (Å²) in [5.74, 6) is -1.21. The first-order chi connectivity index (χ1) is 21.5. The maximum Gasteiger partial charge on any atom is 0.573 e. The summed E-state index contributed by atoms with van der Waals surface area (Å²) in [5, 5.41) is 19.1. The third kappa shape index (κ3) is 9.00. The van der Waals surface area contributed by atoms with Gasteiger partial charge in [0.25, 0.3) is 5.91 Å². The molecule has 1 amide bonds. The van der Waals surface area contributed by atoms with Crippen molar-refractivity contribution in [2.45, 2.75) is 46.2 Å². The molecule has 0 saturated carbocycles. The highest BCUT2D eigenvalue weighted by Crippen LogP contribution is 2.36. The molecule has 7 nitrogen and oxygen atoms in total. The third-order valence-corrected chi connectivity index (χ3v) is 7.79. The predicted octanol–water partition coefficient (Wildman–Crippen LogP) is 8.25. The second-order valence-corrected chi connectivity index (χ2v) is 10.9. The average molecular weight is 672 g/mol. The van der Waals surface area contributed by atoms with Gasteiger partial charge < -0.3 is 15.2 Å². The Morgan fingerprint density at radius 3 is 2.22 bits per heavy atom. The van der Waals surface area contributed by atoms with E-state index >= 15 is 0 Å². The van der Waals surface area contributed by atoms with Gasteiger partial charge in [-0.1, -0.05) is 56.1 Å². The van der Waals surface area contributed by atoms with E-state index < -0.39 is 29.6 Å². The number of aliphatic hydroxyl groups excluding tert-OH is 1. The molecule has 0 aliphatic carbocycles. The molecule has 0 aliphatic heterocycles. The summed E-state index contributed by atoms with van der Waals surface area (Å²) >= 11 is 6.07. The number of halogens is 7. The van der Waals surface area contributed by atoms with Crippen molar-refractivity contribution >= 4 is 34.2 Å². The lowest BCUT2D eigenvalue weighted by molar-refractivity contribution is -0.274. The van der Waals surface area contributed by atoms with Gasteiger partial charge >= 0.3 is 12.5 Å². The normalized spacial score (nSPS) is 13.0. The van der Waals surface area contributed by atoms with Crippen LogP contribution in [0.4, 0.5) is 26.3 Å². The smallest absolute Gasteiger partial charge is 0.405 e. The first kappa shape index (κ1) is 36.4. The molecular formula is C32H32ClF6N3O4. The minimum Gasteiger partial charge on any atom is -0.405 e. The molecule has 0 spiro atoms. The molecule has 46 heavy (non-hydrogen) atoms. The number of nitrogens with zero attached hydrogens (tertiary/aromatic N) is 1. The number of alkyl halides is 6. The molecule has 2 atom stereocenters. The number of carbonyl (C=O) groups is 2. The van der Waals surface area contributed by atoms with Gasteiger partial charge in [0.2, 0.25) is 0 Å². The molecule has 3 N–H and O–H groups in total.